The molecule has 0 amide bonds. The van der Waals surface area contributed by atoms with E-state index in [1.807, 2.05) is 49.5 Å². The van der Waals surface area contributed by atoms with E-state index in [1.165, 1.54) is 5.56 Å². The van der Waals surface area contributed by atoms with Crippen LogP contribution in [0, 0.1) is 6.92 Å². The monoisotopic (exact) mass is 336 g/mol. The van der Waals surface area contributed by atoms with Crippen molar-refractivity contribution in [2.45, 2.75) is 26.4 Å². The van der Waals surface area contributed by atoms with E-state index >= 15 is 0 Å². The highest BCUT2D eigenvalue weighted by Gasteiger charge is 2.02. The van der Waals surface area contributed by atoms with Crippen LogP contribution in [0.3, 0.4) is 0 Å². The van der Waals surface area contributed by atoms with Crippen LogP contribution < -0.4 is 5.32 Å². The van der Waals surface area contributed by atoms with Gasteiger partial charge in [-0.25, -0.2) is 4.68 Å². The number of carbonyl (C=O) groups is 1. The largest absolute Gasteiger partial charge is 0.481 e. The van der Waals surface area contributed by atoms with Gasteiger partial charge < -0.3 is 10.4 Å². The van der Waals surface area contributed by atoms with Crippen molar-refractivity contribution < 1.29 is 9.90 Å². The number of benzene rings is 2. The molecule has 3 rings (SSSR count). The van der Waals surface area contributed by atoms with Crippen molar-refractivity contribution in [1.29, 1.82) is 0 Å². The summed E-state index contributed by atoms with van der Waals surface area (Å²) in [5.74, 6) is -0.812. The topological polar surface area (TPSA) is 80.0 Å². The van der Waals surface area contributed by atoms with Crippen molar-refractivity contribution in [2.75, 3.05) is 0 Å². The van der Waals surface area contributed by atoms with E-state index in [-0.39, 0.29) is 6.42 Å². The molecule has 0 radical (unpaired) electrons. The third-order valence-electron chi connectivity index (χ3n) is 3.81. The molecule has 0 spiro atoms. The smallest absolute Gasteiger partial charge is 0.307 e. The molecular weight excluding hydrogens is 316 g/mol. The molecule has 0 fully saturated rings. The van der Waals surface area contributed by atoms with Gasteiger partial charge in [-0.1, -0.05) is 41.6 Å². The number of aliphatic carboxylic acids is 1. The normalized spacial score (nSPS) is 10.8. The van der Waals surface area contributed by atoms with Gasteiger partial charge in [-0.3, -0.25) is 4.79 Å². The molecule has 0 atom stereocenters. The Balaban J connectivity index is 1.54. The molecule has 25 heavy (non-hydrogen) atoms. The number of rotatable bonds is 7. The molecule has 2 aromatic carbocycles. The van der Waals surface area contributed by atoms with Crippen LogP contribution in [0.2, 0.25) is 0 Å². The van der Waals surface area contributed by atoms with E-state index in [4.69, 9.17) is 5.11 Å². The van der Waals surface area contributed by atoms with Gasteiger partial charge in [-0.15, -0.1) is 5.10 Å². The number of nitrogens with zero attached hydrogens (tertiary/aromatic N) is 3. The Morgan fingerprint density at radius 2 is 1.80 bits per heavy atom. The maximum atomic E-state index is 10.8. The lowest BCUT2D eigenvalue weighted by Gasteiger charge is -2.07. The average molecular weight is 336 g/mol. The van der Waals surface area contributed by atoms with E-state index in [9.17, 15) is 4.79 Å². The van der Waals surface area contributed by atoms with Crippen LogP contribution >= 0.6 is 0 Å². The zero-order chi connectivity index (χ0) is 17.6. The van der Waals surface area contributed by atoms with Crippen molar-refractivity contribution in [1.82, 2.24) is 20.3 Å². The Hall–Kier alpha value is -2.99. The number of carboxylic acid groups (broad SMARTS) is 1. The first kappa shape index (κ1) is 16.9. The quantitative estimate of drug-likeness (QED) is 0.693. The molecular formula is C19H20N4O2. The lowest BCUT2D eigenvalue weighted by atomic mass is 10.1. The van der Waals surface area contributed by atoms with Crippen molar-refractivity contribution in [2.24, 2.45) is 0 Å². The number of nitrogens with one attached hydrogen (secondary N) is 1. The zero-order valence-electron chi connectivity index (χ0n) is 14.0. The third-order valence-corrected chi connectivity index (χ3v) is 3.81. The van der Waals surface area contributed by atoms with Crippen LogP contribution in [0.15, 0.2) is 54.7 Å². The molecule has 0 aliphatic heterocycles. The highest BCUT2D eigenvalue weighted by Crippen LogP contribution is 2.10. The number of aryl methyl sites for hydroxylation is 1. The van der Waals surface area contributed by atoms with Gasteiger partial charge in [0.15, 0.2) is 0 Å². The van der Waals surface area contributed by atoms with E-state index in [1.54, 1.807) is 4.68 Å². The summed E-state index contributed by atoms with van der Waals surface area (Å²) >= 11 is 0. The molecule has 1 heterocycles. The molecule has 0 bridgehead atoms. The molecule has 3 aromatic rings. The van der Waals surface area contributed by atoms with E-state index in [0.717, 1.165) is 29.1 Å². The first-order valence-electron chi connectivity index (χ1n) is 8.09. The minimum Gasteiger partial charge on any atom is -0.481 e. The van der Waals surface area contributed by atoms with Gasteiger partial charge in [0.2, 0.25) is 0 Å². The lowest BCUT2D eigenvalue weighted by molar-refractivity contribution is -0.136. The third kappa shape index (κ3) is 4.74. The van der Waals surface area contributed by atoms with Gasteiger partial charge in [0, 0.05) is 13.1 Å². The van der Waals surface area contributed by atoms with E-state index in [2.05, 4.69) is 27.8 Å². The summed E-state index contributed by atoms with van der Waals surface area (Å²) in [4.78, 5) is 10.8. The highest BCUT2D eigenvalue weighted by molar-refractivity contribution is 5.70. The van der Waals surface area contributed by atoms with Crippen LogP contribution in [-0.2, 0) is 24.3 Å². The number of carboxylic acids is 1. The van der Waals surface area contributed by atoms with E-state index < -0.39 is 5.97 Å². The molecule has 0 aliphatic carbocycles. The SMILES string of the molecule is Cc1cn(-c2ccc(CNCc3cccc(CC(=O)O)c3)cc2)nn1. The highest BCUT2D eigenvalue weighted by atomic mass is 16.4. The molecule has 0 saturated carbocycles. The zero-order valence-corrected chi connectivity index (χ0v) is 14.0. The Morgan fingerprint density at radius 1 is 1.08 bits per heavy atom. The number of hydrogen-bond donors (Lipinski definition) is 2. The summed E-state index contributed by atoms with van der Waals surface area (Å²) in [5, 5.41) is 20.3. The predicted octanol–water partition coefficient (Wildman–Crippen LogP) is 2.49. The van der Waals surface area contributed by atoms with Gasteiger partial charge in [-0.05, 0) is 35.7 Å². The van der Waals surface area contributed by atoms with Crippen molar-refractivity contribution in [3.05, 3.63) is 77.1 Å². The number of aromatic nitrogens is 3. The molecule has 128 valence electrons. The summed E-state index contributed by atoms with van der Waals surface area (Å²) < 4.78 is 1.75. The maximum Gasteiger partial charge on any atom is 0.307 e. The van der Waals surface area contributed by atoms with Crippen LogP contribution in [0.5, 0.6) is 0 Å². The summed E-state index contributed by atoms with van der Waals surface area (Å²) in [6.07, 6.45) is 1.94. The fourth-order valence-electron chi connectivity index (χ4n) is 2.62. The van der Waals surface area contributed by atoms with Gasteiger partial charge in [0.1, 0.15) is 0 Å². The molecule has 6 nitrogen and oxygen atoms in total. The molecule has 0 unspecified atom stereocenters. The Morgan fingerprint density at radius 3 is 2.48 bits per heavy atom. The fourth-order valence-corrected chi connectivity index (χ4v) is 2.62. The first-order chi connectivity index (χ1) is 12.1. The predicted molar refractivity (Wildman–Crippen MR) is 94.4 cm³/mol. The second-order valence-electron chi connectivity index (χ2n) is 5.96. The molecule has 0 aliphatic rings. The van der Waals surface area contributed by atoms with Gasteiger partial charge in [-0.2, -0.15) is 0 Å². The first-order valence-corrected chi connectivity index (χ1v) is 8.09. The van der Waals surface area contributed by atoms with Crippen molar-refractivity contribution in [3.8, 4) is 5.69 Å². The molecule has 2 N–H and O–H groups in total. The maximum absolute atomic E-state index is 10.8. The standard InChI is InChI=1S/C19H20N4O2/c1-14-13-23(22-21-14)18-7-5-15(6-8-18)11-20-12-17-4-2-3-16(9-17)10-19(24)25/h2-9,13,20H,10-12H2,1H3,(H,24,25). The average Bonchev–Trinajstić information content (AvgIpc) is 3.02. The van der Waals surface area contributed by atoms with Gasteiger partial charge in [0.05, 0.1) is 24.0 Å². The van der Waals surface area contributed by atoms with Gasteiger partial charge in [0.25, 0.3) is 0 Å². The summed E-state index contributed by atoms with van der Waals surface area (Å²) in [6.45, 7) is 3.34. The van der Waals surface area contributed by atoms with Crippen molar-refractivity contribution >= 4 is 5.97 Å². The second-order valence-corrected chi connectivity index (χ2v) is 5.96. The van der Waals surface area contributed by atoms with Crippen LogP contribution in [0.1, 0.15) is 22.4 Å². The minimum atomic E-state index is -0.812. The fraction of sp³-hybridized carbons (Fsp3) is 0.211. The summed E-state index contributed by atoms with van der Waals surface area (Å²) in [6, 6.07) is 15.8. The molecule has 6 heteroatoms. The Bertz CT molecular complexity index is 856. The van der Waals surface area contributed by atoms with Gasteiger partial charge >= 0.3 is 5.97 Å². The van der Waals surface area contributed by atoms with E-state index in [0.29, 0.717) is 6.54 Å². The summed E-state index contributed by atoms with van der Waals surface area (Å²) in [7, 11) is 0. The molecule has 1 aromatic heterocycles. The second kappa shape index (κ2) is 7.72. The van der Waals surface area contributed by atoms with Crippen molar-refractivity contribution in [3.63, 3.8) is 0 Å². The number of hydrogen-bond acceptors (Lipinski definition) is 4. The van der Waals surface area contributed by atoms with Crippen LogP contribution in [0.25, 0.3) is 5.69 Å². The summed E-state index contributed by atoms with van der Waals surface area (Å²) in [5.41, 5.74) is 4.93. The lowest BCUT2D eigenvalue weighted by Crippen LogP contribution is -2.13. The molecule has 0 saturated heterocycles. The Kier molecular flexibility index (Phi) is 5.20. The van der Waals surface area contributed by atoms with Crippen LogP contribution in [-0.4, -0.2) is 26.1 Å². The van der Waals surface area contributed by atoms with Crippen LogP contribution in [0.4, 0.5) is 0 Å². The Labute approximate surface area is 146 Å². The minimum absolute atomic E-state index is 0.0526.